The maximum absolute atomic E-state index is 12.9. The first-order chi connectivity index (χ1) is 10.4. The molecule has 5 nitrogen and oxygen atoms in total. The number of sulfonamides is 1. The maximum Gasteiger partial charge on any atom is 0.243 e. The van der Waals surface area contributed by atoms with E-state index in [9.17, 15) is 8.42 Å². The molecule has 0 saturated carbocycles. The summed E-state index contributed by atoms with van der Waals surface area (Å²) in [6.45, 7) is 6.73. The van der Waals surface area contributed by atoms with Gasteiger partial charge in [0.25, 0.3) is 0 Å². The average Bonchev–Trinajstić information content (AvgIpc) is 2.90. The summed E-state index contributed by atoms with van der Waals surface area (Å²) < 4.78 is 29.3. The molecular weight excluding hydrogens is 298 g/mol. The van der Waals surface area contributed by atoms with Gasteiger partial charge in [-0.05, 0) is 51.8 Å². The summed E-state index contributed by atoms with van der Waals surface area (Å²) in [6, 6.07) is 5.65. The number of hydrogen-bond donors (Lipinski definition) is 0. The van der Waals surface area contributed by atoms with Crippen LogP contribution in [0.3, 0.4) is 0 Å². The third kappa shape index (κ3) is 2.54. The first-order valence-electron chi connectivity index (χ1n) is 7.90. The number of rotatable bonds is 3. The lowest BCUT2D eigenvalue weighted by Crippen LogP contribution is -2.41. The molecule has 1 atom stereocenters. The zero-order valence-electron chi connectivity index (χ0n) is 13.4. The number of aromatic nitrogens is 2. The van der Waals surface area contributed by atoms with Crippen molar-refractivity contribution < 1.29 is 8.42 Å². The normalized spacial score (nSPS) is 20.8. The molecule has 22 heavy (non-hydrogen) atoms. The van der Waals surface area contributed by atoms with Gasteiger partial charge in [0.05, 0.1) is 16.6 Å². The Labute approximate surface area is 132 Å². The Morgan fingerprint density at radius 3 is 2.73 bits per heavy atom. The van der Waals surface area contributed by atoms with E-state index in [1.54, 1.807) is 22.6 Å². The Kier molecular flexibility index (Phi) is 3.99. The predicted octanol–water partition coefficient (Wildman–Crippen LogP) is 3.18. The van der Waals surface area contributed by atoms with Gasteiger partial charge in [0, 0.05) is 24.0 Å². The van der Waals surface area contributed by atoms with Crippen LogP contribution in [0.5, 0.6) is 0 Å². The van der Waals surface area contributed by atoms with E-state index < -0.39 is 10.0 Å². The summed E-state index contributed by atoms with van der Waals surface area (Å²) in [5, 5.41) is 5.23. The Morgan fingerprint density at radius 2 is 2.05 bits per heavy atom. The van der Waals surface area contributed by atoms with Crippen molar-refractivity contribution in [3.63, 3.8) is 0 Å². The Morgan fingerprint density at radius 1 is 1.27 bits per heavy atom. The van der Waals surface area contributed by atoms with Gasteiger partial charge >= 0.3 is 0 Å². The molecule has 0 aliphatic carbocycles. The molecule has 0 radical (unpaired) electrons. The van der Waals surface area contributed by atoms with Gasteiger partial charge < -0.3 is 0 Å². The van der Waals surface area contributed by atoms with Crippen LogP contribution in [-0.4, -0.2) is 35.1 Å². The zero-order chi connectivity index (χ0) is 15.9. The molecule has 1 aromatic carbocycles. The van der Waals surface area contributed by atoms with E-state index in [1.807, 2.05) is 17.7 Å². The minimum absolute atomic E-state index is 0.0767. The minimum atomic E-state index is -3.42. The SMILES string of the molecule is CC1CCCCN1S(=O)(=O)c1ccc2c(cnn2C(C)C)c1. The smallest absolute Gasteiger partial charge is 0.243 e. The van der Waals surface area contributed by atoms with Crippen LogP contribution in [0, 0.1) is 0 Å². The largest absolute Gasteiger partial charge is 0.262 e. The molecule has 0 N–H and O–H groups in total. The molecule has 2 heterocycles. The first-order valence-corrected chi connectivity index (χ1v) is 9.34. The topological polar surface area (TPSA) is 55.2 Å². The van der Waals surface area contributed by atoms with Crippen molar-refractivity contribution in [2.24, 2.45) is 0 Å². The van der Waals surface area contributed by atoms with Gasteiger partial charge in [-0.15, -0.1) is 0 Å². The highest BCUT2D eigenvalue weighted by Crippen LogP contribution is 2.27. The molecule has 1 aliphatic rings. The molecule has 1 fully saturated rings. The molecule has 1 aliphatic heterocycles. The van der Waals surface area contributed by atoms with Crippen molar-refractivity contribution in [1.29, 1.82) is 0 Å². The summed E-state index contributed by atoms with van der Waals surface area (Å²) >= 11 is 0. The highest BCUT2D eigenvalue weighted by Gasteiger charge is 2.31. The predicted molar refractivity (Wildman–Crippen MR) is 87.3 cm³/mol. The lowest BCUT2D eigenvalue weighted by atomic mass is 10.1. The summed E-state index contributed by atoms with van der Waals surface area (Å²) in [5.41, 5.74) is 0.973. The number of fused-ring (bicyclic) bond motifs is 1. The van der Waals surface area contributed by atoms with Crippen LogP contribution in [0.2, 0.25) is 0 Å². The van der Waals surface area contributed by atoms with E-state index in [-0.39, 0.29) is 12.1 Å². The van der Waals surface area contributed by atoms with Gasteiger partial charge in [-0.25, -0.2) is 8.42 Å². The molecule has 3 rings (SSSR count). The van der Waals surface area contributed by atoms with Crippen molar-refractivity contribution >= 4 is 20.9 Å². The number of hydrogen-bond acceptors (Lipinski definition) is 3. The Balaban J connectivity index is 2.02. The molecule has 1 unspecified atom stereocenters. The number of benzene rings is 1. The van der Waals surface area contributed by atoms with Gasteiger partial charge in [0.2, 0.25) is 10.0 Å². The van der Waals surface area contributed by atoms with Crippen molar-refractivity contribution in [3.8, 4) is 0 Å². The summed E-state index contributed by atoms with van der Waals surface area (Å²) in [5.74, 6) is 0. The van der Waals surface area contributed by atoms with Crippen LogP contribution >= 0.6 is 0 Å². The molecule has 1 aromatic heterocycles. The average molecular weight is 321 g/mol. The molecule has 2 aromatic rings. The monoisotopic (exact) mass is 321 g/mol. The molecular formula is C16H23N3O2S. The lowest BCUT2D eigenvalue weighted by molar-refractivity contribution is 0.268. The number of nitrogens with zero attached hydrogens (tertiary/aromatic N) is 3. The van der Waals surface area contributed by atoms with E-state index in [1.165, 1.54) is 0 Å². The van der Waals surface area contributed by atoms with Crippen LogP contribution in [0.1, 0.15) is 46.1 Å². The van der Waals surface area contributed by atoms with Crippen LogP contribution in [-0.2, 0) is 10.0 Å². The van der Waals surface area contributed by atoms with Crippen LogP contribution in [0.15, 0.2) is 29.3 Å². The van der Waals surface area contributed by atoms with E-state index in [0.717, 1.165) is 30.2 Å². The summed E-state index contributed by atoms with van der Waals surface area (Å²) in [7, 11) is -3.42. The van der Waals surface area contributed by atoms with E-state index >= 15 is 0 Å². The molecule has 1 saturated heterocycles. The summed E-state index contributed by atoms with van der Waals surface area (Å²) in [6.07, 6.45) is 4.73. The highest BCUT2D eigenvalue weighted by molar-refractivity contribution is 7.89. The van der Waals surface area contributed by atoms with Crippen molar-refractivity contribution in [3.05, 3.63) is 24.4 Å². The fraction of sp³-hybridized carbons (Fsp3) is 0.562. The number of piperidine rings is 1. The van der Waals surface area contributed by atoms with Gasteiger partial charge in [-0.1, -0.05) is 6.42 Å². The quantitative estimate of drug-likeness (QED) is 0.872. The van der Waals surface area contributed by atoms with E-state index in [2.05, 4.69) is 18.9 Å². The Hall–Kier alpha value is -1.40. The minimum Gasteiger partial charge on any atom is -0.262 e. The second-order valence-electron chi connectivity index (χ2n) is 6.36. The highest BCUT2D eigenvalue weighted by atomic mass is 32.2. The third-order valence-corrected chi connectivity index (χ3v) is 6.41. The van der Waals surface area contributed by atoms with Gasteiger partial charge in [-0.2, -0.15) is 9.40 Å². The second-order valence-corrected chi connectivity index (χ2v) is 8.25. The molecule has 0 amide bonds. The van der Waals surface area contributed by atoms with Gasteiger partial charge in [0.15, 0.2) is 0 Å². The molecule has 120 valence electrons. The standard InChI is InChI=1S/C16H23N3O2S/c1-12(2)19-16-8-7-15(10-14(16)11-17-19)22(20,21)18-9-5-4-6-13(18)3/h7-8,10-13H,4-6,9H2,1-3H3. The van der Waals surface area contributed by atoms with E-state index in [4.69, 9.17) is 0 Å². The van der Waals surface area contributed by atoms with Crippen LogP contribution in [0.25, 0.3) is 10.9 Å². The van der Waals surface area contributed by atoms with Crippen molar-refractivity contribution in [2.75, 3.05) is 6.54 Å². The van der Waals surface area contributed by atoms with Gasteiger partial charge in [-0.3, -0.25) is 4.68 Å². The lowest BCUT2D eigenvalue weighted by Gasteiger charge is -2.32. The molecule has 0 bridgehead atoms. The van der Waals surface area contributed by atoms with E-state index in [0.29, 0.717) is 11.4 Å². The van der Waals surface area contributed by atoms with Gasteiger partial charge in [0.1, 0.15) is 0 Å². The van der Waals surface area contributed by atoms with Crippen molar-refractivity contribution in [1.82, 2.24) is 14.1 Å². The molecule has 0 spiro atoms. The Bertz CT molecular complexity index is 780. The maximum atomic E-state index is 12.9. The summed E-state index contributed by atoms with van der Waals surface area (Å²) in [4.78, 5) is 0.372. The third-order valence-electron chi connectivity index (χ3n) is 4.40. The van der Waals surface area contributed by atoms with Crippen LogP contribution in [0.4, 0.5) is 0 Å². The fourth-order valence-electron chi connectivity index (χ4n) is 3.17. The van der Waals surface area contributed by atoms with Crippen molar-refractivity contribution in [2.45, 2.75) is 57.0 Å². The molecule has 6 heteroatoms. The fourth-order valence-corrected chi connectivity index (χ4v) is 4.90. The zero-order valence-corrected chi connectivity index (χ0v) is 14.2. The second kappa shape index (κ2) is 5.66. The van der Waals surface area contributed by atoms with Crippen LogP contribution < -0.4 is 0 Å². The first kappa shape index (κ1) is 15.5.